The van der Waals surface area contributed by atoms with Gasteiger partial charge in [0.2, 0.25) is 0 Å². The van der Waals surface area contributed by atoms with Crippen molar-refractivity contribution < 1.29 is 4.74 Å². The molecule has 0 amide bonds. The number of ether oxygens (including phenoxy) is 1. The summed E-state index contributed by atoms with van der Waals surface area (Å²) >= 11 is 0. The van der Waals surface area contributed by atoms with Crippen molar-refractivity contribution in [1.82, 2.24) is 5.32 Å². The maximum Gasteiger partial charge on any atom is 0.0469 e. The lowest BCUT2D eigenvalue weighted by Gasteiger charge is -2.40. The summed E-state index contributed by atoms with van der Waals surface area (Å²) in [6, 6.07) is 0.760. The Hall–Kier alpha value is -0.0800. The van der Waals surface area contributed by atoms with E-state index in [1.807, 2.05) is 0 Å². The van der Waals surface area contributed by atoms with Crippen LogP contribution in [-0.4, -0.2) is 25.8 Å². The lowest BCUT2D eigenvalue weighted by Crippen LogP contribution is -2.45. The average molecular weight is 281 g/mol. The molecule has 1 aliphatic heterocycles. The largest absolute Gasteiger partial charge is 0.381 e. The molecule has 0 aromatic carbocycles. The molecular formula is C18H35NO. The number of nitrogens with one attached hydrogen (secondary N) is 1. The zero-order valence-electron chi connectivity index (χ0n) is 13.7. The van der Waals surface area contributed by atoms with Crippen LogP contribution in [0.15, 0.2) is 0 Å². The Morgan fingerprint density at radius 1 is 0.950 bits per heavy atom. The second-order valence-corrected chi connectivity index (χ2v) is 6.96. The maximum absolute atomic E-state index is 5.55. The molecule has 0 aromatic rings. The predicted molar refractivity (Wildman–Crippen MR) is 86.0 cm³/mol. The fraction of sp³-hybridized carbons (Fsp3) is 1.00. The summed E-state index contributed by atoms with van der Waals surface area (Å²) in [7, 11) is 0. The standard InChI is InChI=1S/C18H35NO/c1-3-5-6-15-7-9-16(10-8-15)18(19-4-2)17-11-13-20-14-12-17/h15-19H,3-14H2,1-2H3. The molecule has 1 saturated heterocycles. The van der Waals surface area contributed by atoms with Crippen LogP contribution in [0.4, 0.5) is 0 Å². The van der Waals surface area contributed by atoms with Crippen molar-refractivity contribution in [2.24, 2.45) is 17.8 Å². The van der Waals surface area contributed by atoms with E-state index in [1.165, 1.54) is 57.8 Å². The first-order valence-electron chi connectivity index (χ1n) is 9.16. The van der Waals surface area contributed by atoms with E-state index in [-0.39, 0.29) is 0 Å². The fourth-order valence-electron chi connectivity index (χ4n) is 4.36. The highest BCUT2D eigenvalue weighted by atomic mass is 16.5. The first kappa shape index (κ1) is 16.3. The predicted octanol–water partition coefficient (Wildman–Crippen LogP) is 4.39. The number of unbranched alkanes of at least 4 members (excludes halogenated alkanes) is 1. The van der Waals surface area contributed by atoms with Gasteiger partial charge in [0.05, 0.1) is 0 Å². The molecule has 1 aliphatic carbocycles. The van der Waals surface area contributed by atoms with Gasteiger partial charge < -0.3 is 10.1 Å². The van der Waals surface area contributed by atoms with Gasteiger partial charge in [0, 0.05) is 19.3 Å². The van der Waals surface area contributed by atoms with Gasteiger partial charge in [-0.15, -0.1) is 0 Å². The van der Waals surface area contributed by atoms with Crippen molar-refractivity contribution >= 4 is 0 Å². The van der Waals surface area contributed by atoms with Crippen LogP contribution in [0.1, 0.15) is 71.6 Å². The van der Waals surface area contributed by atoms with Gasteiger partial charge >= 0.3 is 0 Å². The van der Waals surface area contributed by atoms with E-state index >= 15 is 0 Å². The summed E-state index contributed by atoms with van der Waals surface area (Å²) in [5.41, 5.74) is 0. The molecule has 118 valence electrons. The SMILES string of the molecule is CCCCC1CCC(C(NCC)C2CCOCC2)CC1. The summed E-state index contributed by atoms with van der Waals surface area (Å²) < 4.78 is 5.55. The summed E-state index contributed by atoms with van der Waals surface area (Å²) in [6.45, 7) is 7.67. The lowest BCUT2D eigenvalue weighted by atomic mass is 9.72. The van der Waals surface area contributed by atoms with Crippen LogP contribution < -0.4 is 5.32 Å². The third-order valence-corrected chi connectivity index (χ3v) is 5.58. The molecule has 0 aromatic heterocycles. The molecule has 20 heavy (non-hydrogen) atoms. The van der Waals surface area contributed by atoms with E-state index in [0.29, 0.717) is 0 Å². The van der Waals surface area contributed by atoms with E-state index in [1.54, 1.807) is 0 Å². The summed E-state index contributed by atoms with van der Waals surface area (Å²) in [5, 5.41) is 3.82. The topological polar surface area (TPSA) is 21.3 Å². The highest BCUT2D eigenvalue weighted by Crippen LogP contribution is 2.37. The highest BCUT2D eigenvalue weighted by Gasteiger charge is 2.32. The molecule has 2 heteroatoms. The molecule has 1 atom stereocenters. The molecule has 2 rings (SSSR count). The zero-order chi connectivity index (χ0) is 14.2. The van der Waals surface area contributed by atoms with Gasteiger partial charge in [-0.2, -0.15) is 0 Å². The van der Waals surface area contributed by atoms with Gasteiger partial charge in [-0.05, 0) is 50.0 Å². The van der Waals surface area contributed by atoms with Crippen LogP contribution >= 0.6 is 0 Å². The second kappa shape index (κ2) is 9.04. The van der Waals surface area contributed by atoms with E-state index in [9.17, 15) is 0 Å². The Kier molecular flexibility index (Phi) is 7.37. The monoisotopic (exact) mass is 281 g/mol. The van der Waals surface area contributed by atoms with E-state index in [4.69, 9.17) is 4.74 Å². The van der Waals surface area contributed by atoms with E-state index in [0.717, 1.165) is 43.6 Å². The molecule has 2 nitrogen and oxygen atoms in total. The van der Waals surface area contributed by atoms with Gasteiger partial charge in [0.15, 0.2) is 0 Å². The summed E-state index contributed by atoms with van der Waals surface area (Å²) in [6.07, 6.45) is 12.7. The van der Waals surface area contributed by atoms with Gasteiger partial charge in [0.1, 0.15) is 0 Å². The number of hydrogen-bond donors (Lipinski definition) is 1. The Morgan fingerprint density at radius 2 is 1.60 bits per heavy atom. The number of rotatable bonds is 7. The number of hydrogen-bond acceptors (Lipinski definition) is 2. The van der Waals surface area contributed by atoms with Crippen LogP contribution in [-0.2, 0) is 4.74 Å². The van der Waals surface area contributed by atoms with Crippen LogP contribution in [0.3, 0.4) is 0 Å². The van der Waals surface area contributed by atoms with Crippen molar-refractivity contribution in [1.29, 1.82) is 0 Å². The molecule has 1 N–H and O–H groups in total. The van der Waals surface area contributed by atoms with Gasteiger partial charge in [-0.3, -0.25) is 0 Å². The smallest absolute Gasteiger partial charge is 0.0469 e. The van der Waals surface area contributed by atoms with Crippen molar-refractivity contribution in [3.63, 3.8) is 0 Å². The van der Waals surface area contributed by atoms with Crippen LogP contribution in [0.2, 0.25) is 0 Å². The fourth-order valence-corrected chi connectivity index (χ4v) is 4.36. The molecular weight excluding hydrogens is 246 g/mol. The minimum absolute atomic E-state index is 0.760. The summed E-state index contributed by atoms with van der Waals surface area (Å²) in [4.78, 5) is 0. The van der Waals surface area contributed by atoms with Crippen LogP contribution in [0.25, 0.3) is 0 Å². The molecule has 2 fully saturated rings. The van der Waals surface area contributed by atoms with Gasteiger partial charge in [-0.25, -0.2) is 0 Å². The minimum Gasteiger partial charge on any atom is -0.381 e. The van der Waals surface area contributed by atoms with E-state index in [2.05, 4.69) is 19.2 Å². The van der Waals surface area contributed by atoms with Crippen molar-refractivity contribution in [3.05, 3.63) is 0 Å². The minimum atomic E-state index is 0.760. The van der Waals surface area contributed by atoms with Crippen molar-refractivity contribution in [3.8, 4) is 0 Å². The molecule has 0 bridgehead atoms. The molecule has 1 heterocycles. The highest BCUT2D eigenvalue weighted by molar-refractivity contribution is 4.87. The second-order valence-electron chi connectivity index (χ2n) is 6.96. The molecule has 0 radical (unpaired) electrons. The van der Waals surface area contributed by atoms with Crippen molar-refractivity contribution in [2.75, 3.05) is 19.8 Å². The Morgan fingerprint density at radius 3 is 2.20 bits per heavy atom. The first-order valence-corrected chi connectivity index (χ1v) is 9.16. The quantitative estimate of drug-likeness (QED) is 0.747. The van der Waals surface area contributed by atoms with Crippen molar-refractivity contribution in [2.45, 2.75) is 77.7 Å². The molecule has 1 unspecified atom stereocenters. The Balaban J connectivity index is 1.81. The van der Waals surface area contributed by atoms with E-state index < -0.39 is 0 Å². The van der Waals surface area contributed by atoms with Gasteiger partial charge in [-0.1, -0.05) is 46.0 Å². The Labute approximate surface area is 126 Å². The maximum atomic E-state index is 5.55. The normalized spacial score (nSPS) is 30.3. The lowest BCUT2D eigenvalue weighted by molar-refractivity contribution is 0.0385. The third-order valence-electron chi connectivity index (χ3n) is 5.58. The molecule has 0 spiro atoms. The molecule has 2 aliphatic rings. The third kappa shape index (κ3) is 4.73. The first-order chi connectivity index (χ1) is 9.85. The van der Waals surface area contributed by atoms with Crippen LogP contribution in [0.5, 0.6) is 0 Å². The average Bonchev–Trinajstić information content (AvgIpc) is 2.52. The zero-order valence-corrected chi connectivity index (χ0v) is 13.7. The Bertz CT molecular complexity index is 242. The molecule has 1 saturated carbocycles. The van der Waals surface area contributed by atoms with Gasteiger partial charge in [0.25, 0.3) is 0 Å². The summed E-state index contributed by atoms with van der Waals surface area (Å²) in [5.74, 6) is 2.82. The van der Waals surface area contributed by atoms with Crippen LogP contribution in [0, 0.1) is 17.8 Å².